The highest BCUT2D eigenvalue weighted by atomic mass is 35.5. The van der Waals surface area contributed by atoms with Gasteiger partial charge in [0.15, 0.2) is 5.15 Å². The average molecular weight is 269 g/mol. The van der Waals surface area contributed by atoms with E-state index < -0.39 is 0 Å². The maximum absolute atomic E-state index is 11.8. The zero-order chi connectivity index (χ0) is 13.1. The van der Waals surface area contributed by atoms with E-state index in [0.29, 0.717) is 5.82 Å². The van der Waals surface area contributed by atoms with Crippen LogP contribution in [0.4, 0.5) is 5.69 Å². The van der Waals surface area contributed by atoms with Crippen LogP contribution in [-0.2, 0) is 13.1 Å². The lowest BCUT2D eigenvalue weighted by Crippen LogP contribution is -2.25. The van der Waals surface area contributed by atoms with Crippen LogP contribution in [0.25, 0.3) is 0 Å². The number of nitrogen functional groups attached to an aromatic ring is 1. The van der Waals surface area contributed by atoms with Gasteiger partial charge in [0.1, 0.15) is 17.8 Å². The van der Waals surface area contributed by atoms with E-state index in [4.69, 9.17) is 17.3 Å². The van der Waals surface area contributed by atoms with Crippen molar-refractivity contribution in [2.24, 2.45) is 0 Å². The van der Waals surface area contributed by atoms with Crippen LogP contribution in [0.2, 0.25) is 5.15 Å². The van der Waals surface area contributed by atoms with Gasteiger partial charge in [0, 0.05) is 6.54 Å². The first-order chi connectivity index (χ1) is 8.63. The quantitative estimate of drug-likeness (QED) is 0.817. The molecule has 0 fully saturated rings. The Morgan fingerprint density at radius 1 is 1.44 bits per heavy atom. The number of hydrogen-bond donors (Lipinski definition) is 1. The fourth-order valence-corrected chi connectivity index (χ4v) is 1.68. The van der Waals surface area contributed by atoms with E-state index in [1.165, 1.54) is 17.2 Å². The predicted octanol–water partition coefficient (Wildman–Crippen LogP) is 0.529. The van der Waals surface area contributed by atoms with Crippen LogP contribution in [0.15, 0.2) is 17.4 Å². The second-order valence-corrected chi connectivity index (χ2v) is 4.14. The first-order valence-corrected chi connectivity index (χ1v) is 5.88. The lowest BCUT2D eigenvalue weighted by atomic mass is 10.4. The van der Waals surface area contributed by atoms with E-state index in [0.717, 1.165) is 13.0 Å². The minimum absolute atomic E-state index is 0.0197. The number of anilines is 1. The zero-order valence-electron chi connectivity index (χ0n) is 9.88. The molecule has 2 N–H and O–H groups in total. The van der Waals surface area contributed by atoms with E-state index >= 15 is 0 Å². The summed E-state index contributed by atoms with van der Waals surface area (Å²) < 4.78 is 3.11. The van der Waals surface area contributed by atoms with Crippen molar-refractivity contribution < 1.29 is 0 Å². The van der Waals surface area contributed by atoms with Gasteiger partial charge >= 0.3 is 0 Å². The van der Waals surface area contributed by atoms with Crippen molar-refractivity contribution in [1.29, 1.82) is 0 Å². The summed E-state index contributed by atoms with van der Waals surface area (Å²) in [5.41, 5.74) is 5.11. The molecule has 2 heterocycles. The summed E-state index contributed by atoms with van der Waals surface area (Å²) in [7, 11) is 0. The number of halogens is 1. The first kappa shape index (κ1) is 12.6. The molecule has 2 aromatic heterocycles. The van der Waals surface area contributed by atoms with Crippen LogP contribution in [0.5, 0.6) is 0 Å². The van der Waals surface area contributed by atoms with E-state index in [9.17, 15) is 4.79 Å². The van der Waals surface area contributed by atoms with Gasteiger partial charge in [-0.25, -0.2) is 14.6 Å². The fourth-order valence-electron chi connectivity index (χ4n) is 1.56. The van der Waals surface area contributed by atoms with Crippen molar-refractivity contribution >= 4 is 17.3 Å². The van der Waals surface area contributed by atoms with E-state index in [2.05, 4.69) is 15.1 Å². The van der Waals surface area contributed by atoms with Crippen molar-refractivity contribution in [3.63, 3.8) is 0 Å². The van der Waals surface area contributed by atoms with Crippen LogP contribution < -0.4 is 11.3 Å². The molecule has 0 saturated heterocycles. The standard InChI is InChI=1S/C10H13ClN6O/c1-2-3-17-7(13-5-15-17)4-16-6-14-9(11)8(12)10(16)18/h5-6H,2-4,12H2,1H3. The molecular formula is C10H13ClN6O. The average Bonchev–Trinajstić information content (AvgIpc) is 2.78. The molecule has 0 aromatic carbocycles. The topological polar surface area (TPSA) is 91.6 Å². The fraction of sp³-hybridized carbons (Fsp3) is 0.400. The number of nitrogens with two attached hydrogens (primary N) is 1. The van der Waals surface area contributed by atoms with Crippen molar-refractivity contribution in [2.45, 2.75) is 26.4 Å². The van der Waals surface area contributed by atoms with Crippen molar-refractivity contribution in [3.05, 3.63) is 34.0 Å². The number of aryl methyl sites for hydroxylation is 1. The van der Waals surface area contributed by atoms with E-state index in [1.54, 1.807) is 4.68 Å². The Hall–Kier alpha value is -1.89. The maximum atomic E-state index is 11.8. The molecule has 0 aliphatic rings. The summed E-state index contributed by atoms with van der Waals surface area (Å²) in [6.45, 7) is 3.06. The molecule has 8 heteroatoms. The van der Waals surface area contributed by atoms with Crippen LogP contribution in [-0.4, -0.2) is 24.3 Å². The van der Waals surface area contributed by atoms with Gasteiger partial charge in [0.2, 0.25) is 0 Å². The predicted molar refractivity (Wildman–Crippen MR) is 67.3 cm³/mol. The van der Waals surface area contributed by atoms with Crippen LogP contribution in [0.1, 0.15) is 19.2 Å². The lowest BCUT2D eigenvalue weighted by Gasteiger charge is -2.07. The van der Waals surface area contributed by atoms with Crippen LogP contribution >= 0.6 is 11.6 Å². The summed E-state index contributed by atoms with van der Waals surface area (Å²) in [5.74, 6) is 0.683. The van der Waals surface area contributed by atoms with Gasteiger partial charge in [0.05, 0.1) is 12.9 Å². The third-order valence-corrected chi connectivity index (χ3v) is 2.77. The number of hydrogen-bond acceptors (Lipinski definition) is 5. The van der Waals surface area contributed by atoms with Crippen molar-refractivity contribution in [3.8, 4) is 0 Å². The Morgan fingerprint density at radius 2 is 2.22 bits per heavy atom. The summed E-state index contributed by atoms with van der Waals surface area (Å²) in [4.78, 5) is 19.8. The lowest BCUT2D eigenvalue weighted by molar-refractivity contribution is 0.548. The minimum Gasteiger partial charge on any atom is -0.392 e. The van der Waals surface area contributed by atoms with Gasteiger partial charge < -0.3 is 5.73 Å². The van der Waals surface area contributed by atoms with Crippen LogP contribution in [0.3, 0.4) is 0 Å². The SMILES string of the molecule is CCCn1ncnc1Cn1cnc(Cl)c(N)c1=O. The molecule has 0 bridgehead atoms. The van der Waals surface area contributed by atoms with Crippen LogP contribution in [0, 0.1) is 0 Å². The summed E-state index contributed by atoms with van der Waals surface area (Å²) in [6, 6.07) is 0. The normalized spacial score (nSPS) is 10.8. The van der Waals surface area contributed by atoms with Gasteiger partial charge in [-0.05, 0) is 6.42 Å². The number of nitrogens with zero attached hydrogens (tertiary/aromatic N) is 5. The van der Waals surface area contributed by atoms with Crippen molar-refractivity contribution in [2.75, 3.05) is 5.73 Å². The Labute approximate surface area is 108 Å². The molecule has 7 nitrogen and oxygen atoms in total. The monoisotopic (exact) mass is 268 g/mol. The maximum Gasteiger partial charge on any atom is 0.278 e. The Morgan fingerprint density at radius 3 is 2.94 bits per heavy atom. The molecule has 0 saturated carbocycles. The molecule has 0 aliphatic carbocycles. The molecule has 0 atom stereocenters. The Kier molecular flexibility index (Phi) is 3.61. The molecule has 96 valence electrons. The number of rotatable bonds is 4. The first-order valence-electron chi connectivity index (χ1n) is 5.50. The molecule has 2 rings (SSSR count). The molecule has 2 aromatic rings. The largest absolute Gasteiger partial charge is 0.392 e. The summed E-state index contributed by atoms with van der Waals surface area (Å²) in [5, 5.41) is 4.10. The highest BCUT2D eigenvalue weighted by Gasteiger charge is 2.09. The molecule has 0 spiro atoms. The molecule has 0 unspecified atom stereocenters. The Bertz CT molecular complexity index is 605. The third-order valence-electron chi connectivity index (χ3n) is 2.47. The summed E-state index contributed by atoms with van der Waals surface area (Å²) >= 11 is 5.67. The van der Waals surface area contributed by atoms with Crippen molar-refractivity contribution in [1.82, 2.24) is 24.3 Å². The van der Waals surface area contributed by atoms with E-state index in [1.807, 2.05) is 6.92 Å². The second-order valence-electron chi connectivity index (χ2n) is 3.78. The smallest absolute Gasteiger partial charge is 0.278 e. The zero-order valence-corrected chi connectivity index (χ0v) is 10.6. The molecule has 0 aliphatic heterocycles. The highest BCUT2D eigenvalue weighted by molar-refractivity contribution is 6.31. The Balaban J connectivity index is 2.32. The number of aromatic nitrogens is 5. The summed E-state index contributed by atoms with van der Waals surface area (Å²) in [6.07, 6.45) is 3.75. The van der Waals surface area contributed by atoms with Gasteiger partial charge in [-0.3, -0.25) is 9.36 Å². The highest BCUT2D eigenvalue weighted by Crippen LogP contribution is 2.08. The molecule has 0 amide bonds. The van der Waals surface area contributed by atoms with Gasteiger partial charge in [-0.1, -0.05) is 18.5 Å². The molecular weight excluding hydrogens is 256 g/mol. The molecule has 18 heavy (non-hydrogen) atoms. The van der Waals surface area contributed by atoms with Gasteiger partial charge in [-0.15, -0.1) is 0 Å². The van der Waals surface area contributed by atoms with Gasteiger partial charge in [0.25, 0.3) is 5.56 Å². The third kappa shape index (κ3) is 2.35. The molecule has 0 radical (unpaired) electrons. The van der Waals surface area contributed by atoms with Gasteiger partial charge in [-0.2, -0.15) is 5.10 Å². The van der Waals surface area contributed by atoms with E-state index in [-0.39, 0.29) is 22.9 Å². The minimum atomic E-state index is -0.374. The second kappa shape index (κ2) is 5.18.